The van der Waals surface area contributed by atoms with E-state index in [1.54, 1.807) is 14.2 Å². The molecule has 0 fully saturated rings. The zero-order chi connectivity index (χ0) is 20.5. The highest BCUT2D eigenvalue weighted by Crippen LogP contribution is 2.42. The molecule has 1 atom stereocenters. The molecule has 0 aromatic heterocycles. The van der Waals surface area contributed by atoms with E-state index in [0.29, 0.717) is 12.6 Å². The van der Waals surface area contributed by atoms with Crippen LogP contribution in [-0.2, 0) is 26.0 Å². The fourth-order valence-electron chi connectivity index (χ4n) is 4.71. The quantitative estimate of drug-likeness (QED) is 0.606. The van der Waals surface area contributed by atoms with Gasteiger partial charge in [-0.2, -0.15) is 0 Å². The average Bonchev–Trinajstić information content (AvgIpc) is 2.81. The summed E-state index contributed by atoms with van der Waals surface area (Å²) in [7, 11) is 3.41. The molecular weight excluding hydrogens is 374 g/mol. The number of ether oxygens (including phenoxy) is 3. The smallest absolute Gasteiger partial charge is 0.161 e. The van der Waals surface area contributed by atoms with Crippen molar-refractivity contribution in [2.45, 2.75) is 32.0 Å². The lowest BCUT2D eigenvalue weighted by atomic mass is 9.84. The predicted molar refractivity (Wildman–Crippen MR) is 117 cm³/mol. The molecule has 0 N–H and O–H groups in total. The SMILES string of the molecule is COc1cc2c(cc1OC)C1Cc3ccc(OCc4ccccc4)cc3CN1CC2. The molecule has 0 aliphatic carbocycles. The molecule has 4 heteroatoms. The van der Waals surface area contributed by atoms with Crippen LogP contribution in [-0.4, -0.2) is 25.7 Å². The Morgan fingerprint density at radius 2 is 1.67 bits per heavy atom. The van der Waals surface area contributed by atoms with E-state index >= 15 is 0 Å². The number of benzene rings is 3. The first-order valence-electron chi connectivity index (χ1n) is 10.5. The molecule has 2 aliphatic heterocycles. The fraction of sp³-hybridized carbons (Fsp3) is 0.308. The number of methoxy groups -OCH3 is 2. The van der Waals surface area contributed by atoms with Crippen LogP contribution in [0.15, 0.2) is 60.7 Å². The Morgan fingerprint density at radius 3 is 2.47 bits per heavy atom. The minimum atomic E-state index is 0.386. The number of fused-ring (bicyclic) bond motifs is 4. The van der Waals surface area contributed by atoms with Gasteiger partial charge in [-0.3, -0.25) is 4.90 Å². The lowest BCUT2D eigenvalue weighted by Gasteiger charge is -2.41. The summed E-state index contributed by atoms with van der Waals surface area (Å²) in [5, 5.41) is 0. The standard InChI is InChI=1S/C26H27NO3/c1-28-25-14-20-10-11-27-16-21-12-22(30-17-18-6-4-3-5-7-18)9-8-19(21)13-24(27)23(20)15-26(25)29-2/h3-9,12,14-15,24H,10-11,13,16-17H2,1-2H3. The van der Waals surface area contributed by atoms with E-state index in [1.807, 2.05) is 18.2 Å². The molecule has 3 aromatic carbocycles. The van der Waals surface area contributed by atoms with Gasteiger partial charge in [0.1, 0.15) is 12.4 Å². The van der Waals surface area contributed by atoms with Gasteiger partial charge in [0.05, 0.1) is 14.2 Å². The summed E-state index contributed by atoms with van der Waals surface area (Å²) >= 11 is 0. The van der Waals surface area contributed by atoms with Gasteiger partial charge in [0.25, 0.3) is 0 Å². The van der Waals surface area contributed by atoms with Gasteiger partial charge in [-0.1, -0.05) is 36.4 Å². The summed E-state index contributed by atoms with van der Waals surface area (Å²) in [6, 6.07) is 21.6. The van der Waals surface area contributed by atoms with Crippen molar-refractivity contribution in [1.82, 2.24) is 4.90 Å². The molecule has 0 saturated carbocycles. The predicted octanol–water partition coefficient (Wildman–Crippen LogP) is 4.94. The Kier molecular flexibility index (Phi) is 5.09. The largest absolute Gasteiger partial charge is 0.493 e. The van der Waals surface area contributed by atoms with E-state index in [0.717, 1.165) is 43.2 Å². The van der Waals surface area contributed by atoms with Crippen molar-refractivity contribution in [3.63, 3.8) is 0 Å². The van der Waals surface area contributed by atoms with Gasteiger partial charge in [-0.05, 0) is 64.9 Å². The molecule has 0 amide bonds. The second kappa shape index (κ2) is 8.04. The molecule has 30 heavy (non-hydrogen) atoms. The number of rotatable bonds is 5. The van der Waals surface area contributed by atoms with Crippen LogP contribution in [0.4, 0.5) is 0 Å². The van der Waals surface area contributed by atoms with Crippen LogP contribution < -0.4 is 14.2 Å². The van der Waals surface area contributed by atoms with Gasteiger partial charge in [-0.15, -0.1) is 0 Å². The summed E-state index contributed by atoms with van der Waals surface area (Å²) in [4.78, 5) is 2.58. The summed E-state index contributed by atoms with van der Waals surface area (Å²) in [6.45, 7) is 2.61. The number of hydrogen-bond acceptors (Lipinski definition) is 4. The molecule has 2 heterocycles. The van der Waals surface area contributed by atoms with Gasteiger partial charge < -0.3 is 14.2 Å². The van der Waals surface area contributed by atoms with Crippen molar-refractivity contribution < 1.29 is 14.2 Å². The van der Waals surface area contributed by atoms with Crippen LogP contribution in [0.25, 0.3) is 0 Å². The molecule has 0 spiro atoms. The van der Waals surface area contributed by atoms with Crippen LogP contribution >= 0.6 is 0 Å². The highest BCUT2D eigenvalue weighted by atomic mass is 16.5. The molecule has 0 saturated heterocycles. The summed E-state index contributed by atoms with van der Waals surface area (Å²) in [5.41, 5.74) is 6.72. The van der Waals surface area contributed by atoms with Gasteiger partial charge in [0.2, 0.25) is 0 Å². The van der Waals surface area contributed by atoms with Crippen molar-refractivity contribution >= 4 is 0 Å². The van der Waals surface area contributed by atoms with Crippen LogP contribution in [0.5, 0.6) is 17.2 Å². The third-order valence-electron chi connectivity index (χ3n) is 6.33. The van der Waals surface area contributed by atoms with Gasteiger partial charge in [-0.25, -0.2) is 0 Å². The van der Waals surface area contributed by atoms with Crippen LogP contribution in [0.1, 0.15) is 33.9 Å². The fourth-order valence-corrected chi connectivity index (χ4v) is 4.71. The maximum atomic E-state index is 6.06. The summed E-state index contributed by atoms with van der Waals surface area (Å²) in [5.74, 6) is 2.58. The maximum Gasteiger partial charge on any atom is 0.161 e. The van der Waals surface area contributed by atoms with Crippen molar-refractivity contribution in [2.24, 2.45) is 0 Å². The van der Waals surface area contributed by atoms with Gasteiger partial charge in [0.15, 0.2) is 11.5 Å². The van der Waals surface area contributed by atoms with Crippen molar-refractivity contribution in [3.8, 4) is 17.2 Å². The van der Waals surface area contributed by atoms with Crippen molar-refractivity contribution in [1.29, 1.82) is 0 Å². The normalized spacial score (nSPS) is 17.5. The minimum absolute atomic E-state index is 0.386. The van der Waals surface area contributed by atoms with E-state index in [-0.39, 0.29) is 0 Å². The monoisotopic (exact) mass is 401 g/mol. The van der Waals surface area contributed by atoms with E-state index in [2.05, 4.69) is 47.4 Å². The highest BCUT2D eigenvalue weighted by molar-refractivity contribution is 5.51. The Hall–Kier alpha value is -2.98. The lowest BCUT2D eigenvalue weighted by molar-refractivity contribution is 0.160. The van der Waals surface area contributed by atoms with Crippen LogP contribution in [0.3, 0.4) is 0 Å². The first-order valence-corrected chi connectivity index (χ1v) is 10.5. The topological polar surface area (TPSA) is 30.9 Å². The third kappa shape index (κ3) is 3.52. The number of nitrogens with zero attached hydrogens (tertiary/aromatic N) is 1. The molecule has 4 nitrogen and oxygen atoms in total. The van der Waals surface area contributed by atoms with Crippen molar-refractivity contribution in [3.05, 3.63) is 88.5 Å². The van der Waals surface area contributed by atoms with Gasteiger partial charge >= 0.3 is 0 Å². The summed E-state index contributed by atoms with van der Waals surface area (Å²) < 4.78 is 17.1. The van der Waals surface area contributed by atoms with E-state index in [1.165, 1.54) is 27.8 Å². The second-order valence-electron chi connectivity index (χ2n) is 8.05. The Labute approximate surface area is 178 Å². The van der Waals surface area contributed by atoms with Crippen LogP contribution in [0.2, 0.25) is 0 Å². The lowest BCUT2D eigenvalue weighted by Crippen LogP contribution is -2.39. The Balaban J connectivity index is 1.38. The highest BCUT2D eigenvalue weighted by Gasteiger charge is 2.33. The number of hydrogen-bond donors (Lipinski definition) is 0. The van der Waals surface area contributed by atoms with Crippen LogP contribution in [0, 0.1) is 0 Å². The average molecular weight is 402 g/mol. The Bertz CT molecular complexity index is 1050. The third-order valence-corrected chi connectivity index (χ3v) is 6.33. The zero-order valence-electron chi connectivity index (χ0n) is 17.6. The van der Waals surface area contributed by atoms with E-state index in [9.17, 15) is 0 Å². The second-order valence-corrected chi connectivity index (χ2v) is 8.05. The molecule has 1 unspecified atom stereocenters. The maximum absolute atomic E-state index is 6.06. The molecule has 3 aromatic rings. The van der Waals surface area contributed by atoms with E-state index < -0.39 is 0 Å². The molecule has 5 rings (SSSR count). The minimum Gasteiger partial charge on any atom is -0.493 e. The molecule has 0 bridgehead atoms. The first-order chi connectivity index (χ1) is 14.7. The van der Waals surface area contributed by atoms with E-state index in [4.69, 9.17) is 14.2 Å². The molecule has 154 valence electrons. The van der Waals surface area contributed by atoms with Crippen molar-refractivity contribution in [2.75, 3.05) is 20.8 Å². The molecular formula is C26H27NO3. The van der Waals surface area contributed by atoms with Gasteiger partial charge in [0, 0.05) is 19.1 Å². The zero-order valence-corrected chi connectivity index (χ0v) is 17.6. The molecule has 0 radical (unpaired) electrons. The summed E-state index contributed by atoms with van der Waals surface area (Å²) in [6.07, 6.45) is 2.04. The first kappa shape index (κ1) is 19.0. The Morgan fingerprint density at radius 1 is 0.867 bits per heavy atom. The molecule has 2 aliphatic rings.